The molecular weight excluding hydrogens is 407 g/mol. The molecule has 2 aromatic carbocycles. The number of nitriles is 1. The Morgan fingerprint density at radius 1 is 1.20 bits per heavy atom. The summed E-state index contributed by atoms with van der Waals surface area (Å²) >= 11 is 0. The largest absolute Gasteiger partial charge is 0.339 e. The van der Waals surface area contributed by atoms with E-state index in [1.165, 1.54) is 34.6 Å². The highest BCUT2D eigenvalue weighted by Crippen LogP contribution is 2.27. The molecule has 0 spiro atoms. The fourth-order valence-corrected chi connectivity index (χ4v) is 5.15. The summed E-state index contributed by atoms with van der Waals surface area (Å²) < 4.78 is 46.6. The van der Waals surface area contributed by atoms with Crippen LogP contribution in [0.2, 0.25) is 0 Å². The maximum atomic E-state index is 13.9. The molecule has 2 heterocycles. The van der Waals surface area contributed by atoms with E-state index in [2.05, 4.69) is 10.1 Å². The predicted molar refractivity (Wildman–Crippen MR) is 106 cm³/mol. The van der Waals surface area contributed by atoms with Crippen molar-refractivity contribution >= 4 is 10.0 Å². The van der Waals surface area contributed by atoms with Gasteiger partial charge in [-0.1, -0.05) is 17.3 Å². The minimum absolute atomic E-state index is 0.0147. The number of rotatable bonds is 5. The van der Waals surface area contributed by atoms with E-state index in [-0.39, 0.29) is 22.2 Å². The minimum atomic E-state index is -3.65. The molecule has 30 heavy (non-hydrogen) atoms. The zero-order valence-electron chi connectivity index (χ0n) is 16.0. The molecule has 0 N–H and O–H groups in total. The van der Waals surface area contributed by atoms with E-state index in [4.69, 9.17) is 9.78 Å². The van der Waals surface area contributed by atoms with Crippen LogP contribution in [-0.2, 0) is 16.4 Å². The van der Waals surface area contributed by atoms with Gasteiger partial charge in [0.15, 0.2) is 0 Å². The van der Waals surface area contributed by atoms with Crippen molar-refractivity contribution in [3.8, 4) is 17.5 Å². The van der Waals surface area contributed by atoms with Crippen molar-refractivity contribution in [2.75, 3.05) is 13.1 Å². The van der Waals surface area contributed by atoms with E-state index >= 15 is 0 Å². The second kappa shape index (κ2) is 8.34. The summed E-state index contributed by atoms with van der Waals surface area (Å²) in [6.07, 6.45) is 1.96. The molecule has 1 unspecified atom stereocenters. The monoisotopic (exact) mass is 426 g/mol. The van der Waals surface area contributed by atoms with Gasteiger partial charge in [-0.15, -0.1) is 0 Å². The van der Waals surface area contributed by atoms with Crippen LogP contribution in [0, 0.1) is 23.1 Å². The van der Waals surface area contributed by atoms with Crippen LogP contribution in [0.4, 0.5) is 4.39 Å². The van der Waals surface area contributed by atoms with Gasteiger partial charge in [0.25, 0.3) is 0 Å². The molecule has 0 aliphatic carbocycles. The second-order valence-corrected chi connectivity index (χ2v) is 9.14. The standard InChI is InChI=1S/C21H19FN4O3S/c22-19-6-2-1-5-18(19)21-24-20(29-25-21)12-16-4-3-11-26(14-16)30(27,28)17-9-7-15(13-23)8-10-17/h1-2,5-10,16H,3-4,11-12,14H2. The first-order valence-electron chi connectivity index (χ1n) is 9.55. The number of nitrogens with zero attached hydrogens (tertiary/aromatic N) is 4. The van der Waals surface area contributed by atoms with E-state index < -0.39 is 15.8 Å². The molecule has 1 aliphatic heterocycles. The SMILES string of the molecule is N#Cc1ccc(S(=O)(=O)N2CCCC(Cc3nc(-c4ccccc4F)no3)C2)cc1. The van der Waals surface area contributed by atoms with Gasteiger partial charge < -0.3 is 4.52 Å². The molecule has 4 rings (SSSR count). The summed E-state index contributed by atoms with van der Waals surface area (Å²) in [5, 5.41) is 12.8. The molecule has 0 bridgehead atoms. The van der Waals surface area contributed by atoms with Crippen molar-refractivity contribution in [1.29, 1.82) is 5.26 Å². The Labute approximate surface area is 173 Å². The number of piperidine rings is 1. The Kier molecular flexibility index (Phi) is 5.61. The smallest absolute Gasteiger partial charge is 0.243 e. The molecule has 0 saturated carbocycles. The predicted octanol–water partition coefficient (Wildman–Crippen LogP) is 3.39. The Bertz CT molecular complexity index is 1190. The van der Waals surface area contributed by atoms with Crippen molar-refractivity contribution < 1.29 is 17.3 Å². The lowest BCUT2D eigenvalue weighted by Gasteiger charge is -2.31. The number of aromatic nitrogens is 2. The molecule has 1 fully saturated rings. The first kappa shape index (κ1) is 20.2. The van der Waals surface area contributed by atoms with E-state index in [9.17, 15) is 12.8 Å². The van der Waals surface area contributed by atoms with Gasteiger partial charge >= 0.3 is 0 Å². The van der Waals surface area contributed by atoms with Crippen LogP contribution in [0.5, 0.6) is 0 Å². The van der Waals surface area contributed by atoms with Gasteiger partial charge in [0.2, 0.25) is 21.7 Å². The molecule has 0 amide bonds. The summed E-state index contributed by atoms with van der Waals surface area (Å²) in [7, 11) is -3.65. The highest BCUT2D eigenvalue weighted by Gasteiger charge is 2.31. The van der Waals surface area contributed by atoms with E-state index in [1.54, 1.807) is 18.2 Å². The zero-order chi connectivity index (χ0) is 21.1. The molecule has 1 aromatic heterocycles. The lowest BCUT2D eigenvalue weighted by atomic mass is 9.96. The fourth-order valence-electron chi connectivity index (χ4n) is 3.60. The Morgan fingerprint density at radius 2 is 1.97 bits per heavy atom. The van der Waals surface area contributed by atoms with E-state index in [0.717, 1.165) is 6.42 Å². The third-order valence-electron chi connectivity index (χ3n) is 5.15. The van der Waals surface area contributed by atoms with Crippen molar-refractivity contribution in [1.82, 2.24) is 14.4 Å². The third kappa shape index (κ3) is 4.10. The van der Waals surface area contributed by atoms with Crippen LogP contribution in [0.3, 0.4) is 0 Å². The average Bonchev–Trinajstić information content (AvgIpc) is 3.22. The van der Waals surface area contributed by atoms with Gasteiger partial charge in [0, 0.05) is 19.5 Å². The fraction of sp³-hybridized carbons (Fsp3) is 0.286. The summed E-state index contributed by atoms with van der Waals surface area (Å²) in [5.74, 6) is 0.125. The van der Waals surface area contributed by atoms with Gasteiger partial charge in [-0.3, -0.25) is 0 Å². The van der Waals surface area contributed by atoms with Crippen LogP contribution in [0.1, 0.15) is 24.3 Å². The van der Waals surface area contributed by atoms with Crippen molar-refractivity contribution in [2.24, 2.45) is 5.92 Å². The quantitative estimate of drug-likeness (QED) is 0.620. The van der Waals surface area contributed by atoms with Crippen molar-refractivity contribution in [2.45, 2.75) is 24.2 Å². The van der Waals surface area contributed by atoms with Crippen LogP contribution in [-0.4, -0.2) is 36.0 Å². The van der Waals surface area contributed by atoms with Crippen molar-refractivity contribution in [3.63, 3.8) is 0 Å². The first-order valence-corrected chi connectivity index (χ1v) is 11.0. The number of sulfonamides is 1. The number of benzene rings is 2. The normalized spacial score (nSPS) is 17.5. The summed E-state index contributed by atoms with van der Waals surface area (Å²) in [6, 6.07) is 14.1. The third-order valence-corrected chi connectivity index (χ3v) is 7.03. The summed E-state index contributed by atoms with van der Waals surface area (Å²) in [6.45, 7) is 0.767. The molecule has 1 aliphatic rings. The molecule has 1 atom stereocenters. The minimum Gasteiger partial charge on any atom is -0.339 e. The maximum Gasteiger partial charge on any atom is 0.243 e. The zero-order valence-corrected chi connectivity index (χ0v) is 16.8. The molecule has 3 aromatic rings. The lowest BCUT2D eigenvalue weighted by molar-refractivity contribution is 0.247. The van der Waals surface area contributed by atoms with Gasteiger partial charge in [0.05, 0.1) is 22.1 Å². The van der Waals surface area contributed by atoms with Crippen LogP contribution in [0.25, 0.3) is 11.4 Å². The highest BCUT2D eigenvalue weighted by molar-refractivity contribution is 7.89. The Hall–Kier alpha value is -3.09. The maximum absolute atomic E-state index is 13.9. The Morgan fingerprint density at radius 3 is 2.70 bits per heavy atom. The molecule has 154 valence electrons. The molecule has 9 heteroatoms. The highest BCUT2D eigenvalue weighted by atomic mass is 32.2. The van der Waals surface area contributed by atoms with Crippen LogP contribution >= 0.6 is 0 Å². The lowest BCUT2D eigenvalue weighted by Crippen LogP contribution is -2.40. The number of hydrogen-bond donors (Lipinski definition) is 0. The second-order valence-electron chi connectivity index (χ2n) is 7.20. The number of hydrogen-bond acceptors (Lipinski definition) is 6. The number of halogens is 1. The molecular formula is C21H19FN4O3S. The summed E-state index contributed by atoms with van der Waals surface area (Å²) in [4.78, 5) is 4.45. The van der Waals surface area contributed by atoms with Gasteiger partial charge in [0.1, 0.15) is 5.82 Å². The summed E-state index contributed by atoms with van der Waals surface area (Å²) in [5.41, 5.74) is 0.675. The average molecular weight is 426 g/mol. The van der Waals surface area contributed by atoms with E-state index in [1.807, 2.05) is 6.07 Å². The topological polar surface area (TPSA) is 100 Å². The Balaban J connectivity index is 1.47. The van der Waals surface area contributed by atoms with Crippen LogP contribution < -0.4 is 0 Å². The van der Waals surface area contributed by atoms with Crippen LogP contribution in [0.15, 0.2) is 57.9 Å². The first-order chi connectivity index (χ1) is 14.5. The molecule has 0 radical (unpaired) electrons. The molecule has 7 nitrogen and oxygen atoms in total. The van der Waals surface area contributed by atoms with Gasteiger partial charge in [-0.05, 0) is 55.2 Å². The van der Waals surface area contributed by atoms with Gasteiger partial charge in [-0.2, -0.15) is 14.6 Å². The van der Waals surface area contributed by atoms with Crippen molar-refractivity contribution in [3.05, 3.63) is 65.8 Å². The van der Waals surface area contributed by atoms with E-state index in [0.29, 0.717) is 37.4 Å². The van der Waals surface area contributed by atoms with Gasteiger partial charge in [-0.25, -0.2) is 12.8 Å². The molecule has 1 saturated heterocycles.